The minimum Gasteiger partial charge on any atom is -0.296 e. The highest BCUT2D eigenvalue weighted by molar-refractivity contribution is 7.98. The van der Waals surface area contributed by atoms with Crippen molar-refractivity contribution in [3.63, 3.8) is 0 Å². The molecular formula is C20H21N5O2S. The molecule has 0 bridgehead atoms. The first-order chi connectivity index (χ1) is 13.7. The highest BCUT2D eigenvalue weighted by Crippen LogP contribution is 2.27. The molecule has 0 saturated carbocycles. The van der Waals surface area contributed by atoms with Crippen molar-refractivity contribution in [2.45, 2.75) is 30.3 Å². The molecule has 144 valence electrons. The fourth-order valence-electron chi connectivity index (χ4n) is 3.34. The zero-order chi connectivity index (χ0) is 19.3. The van der Waals surface area contributed by atoms with Crippen LogP contribution in [-0.4, -0.2) is 37.7 Å². The molecule has 28 heavy (non-hydrogen) atoms. The van der Waals surface area contributed by atoms with E-state index in [1.165, 1.54) is 25.0 Å². The summed E-state index contributed by atoms with van der Waals surface area (Å²) in [6.45, 7) is 3.00. The second-order valence-corrected chi connectivity index (χ2v) is 7.71. The van der Waals surface area contributed by atoms with E-state index in [0.29, 0.717) is 5.75 Å². The van der Waals surface area contributed by atoms with Crippen molar-refractivity contribution in [1.29, 1.82) is 0 Å². The lowest BCUT2D eigenvalue weighted by molar-refractivity contribution is -0.384. The molecule has 0 amide bonds. The number of hydrogen-bond acceptors (Lipinski definition) is 6. The van der Waals surface area contributed by atoms with E-state index in [1.54, 1.807) is 23.9 Å². The Bertz CT molecular complexity index is 937. The average molecular weight is 395 g/mol. The summed E-state index contributed by atoms with van der Waals surface area (Å²) in [7, 11) is 0. The van der Waals surface area contributed by atoms with Crippen molar-refractivity contribution in [3.8, 4) is 5.69 Å². The number of rotatable bonds is 7. The number of hydrogen-bond donors (Lipinski definition) is 0. The summed E-state index contributed by atoms with van der Waals surface area (Å²) in [6.07, 6.45) is 2.47. The molecule has 3 aromatic rings. The van der Waals surface area contributed by atoms with Gasteiger partial charge in [-0.1, -0.05) is 42.1 Å². The van der Waals surface area contributed by atoms with Gasteiger partial charge in [-0.3, -0.25) is 19.6 Å². The second kappa shape index (κ2) is 8.53. The molecule has 1 saturated heterocycles. The van der Waals surface area contributed by atoms with Crippen LogP contribution in [0.1, 0.15) is 24.2 Å². The third-order valence-electron chi connectivity index (χ3n) is 4.79. The Hall–Kier alpha value is -2.71. The maximum absolute atomic E-state index is 10.8. The van der Waals surface area contributed by atoms with Gasteiger partial charge in [-0.2, -0.15) is 0 Å². The van der Waals surface area contributed by atoms with Gasteiger partial charge >= 0.3 is 0 Å². The molecular weight excluding hydrogens is 374 g/mol. The first-order valence-corrected chi connectivity index (χ1v) is 10.3. The van der Waals surface area contributed by atoms with Crippen molar-refractivity contribution in [2.75, 3.05) is 13.1 Å². The zero-order valence-electron chi connectivity index (χ0n) is 15.4. The smallest absolute Gasteiger partial charge is 0.269 e. The van der Waals surface area contributed by atoms with Crippen LogP contribution in [0.2, 0.25) is 0 Å². The Balaban J connectivity index is 1.55. The molecule has 2 heterocycles. The van der Waals surface area contributed by atoms with E-state index < -0.39 is 0 Å². The van der Waals surface area contributed by atoms with Crippen molar-refractivity contribution >= 4 is 17.4 Å². The molecule has 0 atom stereocenters. The van der Waals surface area contributed by atoms with E-state index in [9.17, 15) is 10.1 Å². The number of nitro groups is 1. The molecule has 0 aliphatic carbocycles. The molecule has 1 aliphatic heterocycles. The van der Waals surface area contributed by atoms with Crippen LogP contribution >= 0.6 is 11.8 Å². The van der Waals surface area contributed by atoms with Gasteiger partial charge in [0.05, 0.1) is 11.5 Å². The number of non-ortho nitro benzene ring substituents is 1. The number of thioether (sulfide) groups is 1. The molecule has 1 aromatic heterocycles. The molecule has 0 unspecified atom stereocenters. The van der Waals surface area contributed by atoms with Crippen molar-refractivity contribution in [3.05, 3.63) is 76.1 Å². The van der Waals surface area contributed by atoms with E-state index in [2.05, 4.69) is 31.8 Å². The van der Waals surface area contributed by atoms with E-state index >= 15 is 0 Å². The molecule has 1 aliphatic rings. The summed E-state index contributed by atoms with van der Waals surface area (Å²) in [5, 5.41) is 20.5. The van der Waals surface area contributed by atoms with Gasteiger partial charge in [-0.15, -0.1) is 10.2 Å². The van der Waals surface area contributed by atoms with Crippen LogP contribution in [0.5, 0.6) is 0 Å². The molecule has 7 nitrogen and oxygen atoms in total. The van der Waals surface area contributed by atoms with Gasteiger partial charge in [-0.25, -0.2) is 0 Å². The predicted octanol–water partition coefficient (Wildman–Crippen LogP) is 4.06. The number of nitro benzene ring substituents is 1. The minimum atomic E-state index is -0.381. The van der Waals surface area contributed by atoms with Gasteiger partial charge in [0.2, 0.25) is 0 Å². The van der Waals surface area contributed by atoms with Gasteiger partial charge in [0.15, 0.2) is 11.0 Å². The lowest BCUT2D eigenvalue weighted by atomic mass is 10.2. The Labute approximate surface area is 167 Å². The normalized spacial score (nSPS) is 14.4. The van der Waals surface area contributed by atoms with Crippen molar-refractivity contribution < 1.29 is 4.92 Å². The summed E-state index contributed by atoms with van der Waals surface area (Å²) in [6, 6.07) is 16.8. The maximum Gasteiger partial charge on any atom is 0.269 e. The number of nitrogens with zero attached hydrogens (tertiary/aromatic N) is 5. The Morgan fingerprint density at radius 2 is 1.71 bits per heavy atom. The molecule has 0 radical (unpaired) electrons. The summed E-state index contributed by atoms with van der Waals surface area (Å²) in [5.41, 5.74) is 2.17. The third kappa shape index (κ3) is 4.23. The van der Waals surface area contributed by atoms with Crippen LogP contribution in [0.15, 0.2) is 59.8 Å². The van der Waals surface area contributed by atoms with Crippen LogP contribution < -0.4 is 0 Å². The van der Waals surface area contributed by atoms with Crippen LogP contribution in [0.3, 0.4) is 0 Å². The van der Waals surface area contributed by atoms with Crippen molar-refractivity contribution in [1.82, 2.24) is 19.7 Å². The topological polar surface area (TPSA) is 77.1 Å². The molecule has 0 spiro atoms. The standard InChI is InChI=1S/C20H21N5O2S/c26-25(27)18-10-8-16(9-11-18)15-28-20-22-21-19(14-23-12-4-5-13-23)24(20)17-6-2-1-3-7-17/h1-3,6-11H,4-5,12-15H2. The van der Waals surface area contributed by atoms with Gasteiger partial charge in [0, 0.05) is 23.6 Å². The number of aromatic nitrogens is 3. The van der Waals surface area contributed by atoms with Gasteiger partial charge < -0.3 is 0 Å². The van der Waals surface area contributed by atoms with Crippen LogP contribution in [-0.2, 0) is 12.3 Å². The molecule has 8 heteroatoms. The quantitative estimate of drug-likeness (QED) is 0.341. The number of benzene rings is 2. The second-order valence-electron chi connectivity index (χ2n) is 6.77. The van der Waals surface area contributed by atoms with Crippen LogP contribution in [0.4, 0.5) is 5.69 Å². The Morgan fingerprint density at radius 1 is 1.00 bits per heavy atom. The summed E-state index contributed by atoms with van der Waals surface area (Å²) in [4.78, 5) is 12.8. The summed E-state index contributed by atoms with van der Waals surface area (Å²) in [5.74, 6) is 1.62. The Morgan fingerprint density at radius 3 is 2.39 bits per heavy atom. The molecule has 4 rings (SSSR count). The van der Waals surface area contributed by atoms with Gasteiger partial charge in [-0.05, 0) is 43.6 Å². The third-order valence-corrected chi connectivity index (χ3v) is 5.79. The SMILES string of the molecule is O=[N+]([O-])c1ccc(CSc2nnc(CN3CCCC3)n2-c2ccccc2)cc1. The average Bonchev–Trinajstić information content (AvgIpc) is 3.37. The van der Waals surface area contributed by atoms with Gasteiger partial charge in [0.1, 0.15) is 0 Å². The largest absolute Gasteiger partial charge is 0.296 e. The zero-order valence-corrected chi connectivity index (χ0v) is 16.2. The lowest BCUT2D eigenvalue weighted by Crippen LogP contribution is -2.21. The first-order valence-electron chi connectivity index (χ1n) is 9.29. The van der Waals surface area contributed by atoms with E-state index in [4.69, 9.17) is 0 Å². The van der Waals surface area contributed by atoms with Crippen LogP contribution in [0.25, 0.3) is 5.69 Å². The lowest BCUT2D eigenvalue weighted by Gasteiger charge is -2.16. The first kappa shape index (κ1) is 18.6. The van der Waals surface area contributed by atoms with E-state index in [0.717, 1.165) is 41.9 Å². The monoisotopic (exact) mass is 395 g/mol. The van der Waals surface area contributed by atoms with E-state index in [-0.39, 0.29) is 10.6 Å². The minimum absolute atomic E-state index is 0.106. The van der Waals surface area contributed by atoms with Crippen LogP contribution in [0, 0.1) is 10.1 Å². The molecule has 2 aromatic carbocycles. The predicted molar refractivity (Wildman–Crippen MR) is 109 cm³/mol. The fraction of sp³-hybridized carbons (Fsp3) is 0.300. The number of para-hydroxylation sites is 1. The fourth-order valence-corrected chi connectivity index (χ4v) is 4.26. The van der Waals surface area contributed by atoms with E-state index in [1.807, 2.05) is 18.2 Å². The number of likely N-dealkylation sites (tertiary alicyclic amines) is 1. The Kier molecular flexibility index (Phi) is 5.68. The highest BCUT2D eigenvalue weighted by Gasteiger charge is 2.19. The molecule has 0 N–H and O–H groups in total. The summed E-state index contributed by atoms with van der Waals surface area (Å²) >= 11 is 1.59. The van der Waals surface area contributed by atoms with Gasteiger partial charge in [0.25, 0.3) is 5.69 Å². The summed E-state index contributed by atoms with van der Waals surface area (Å²) < 4.78 is 2.12. The molecule has 1 fully saturated rings. The highest BCUT2D eigenvalue weighted by atomic mass is 32.2. The van der Waals surface area contributed by atoms with Crippen molar-refractivity contribution in [2.24, 2.45) is 0 Å². The maximum atomic E-state index is 10.8.